The van der Waals surface area contributed by atoms with Crippen LogP contribution in [0.5, 0.6) is 0 Å². The molecule has 0 bridgehead atoms. The summed E-state index contributed by atoms with van der Waals surface area (Å²) in [6, 6.07) is 2.38. The van der Waals surface area contributed by atoms with Crippen LogP contribution in [-0.2, 0) is 11.0 Å². The number of carboxylic acids is 1. The molecule has 2 unspecified atom stereocenters. The van der Waals surface area contributed by atoms with Crippen molar-refractivity contribution in [2.45, 2.75) is 18.3 Å². The highest BCUT2D eigenvalue weighted by Gasteiger charge is 2.56. The van der Waals surface area contributed by atoms with Crippen molar-refractivity contribution in [3.8, 4) is 0 Å². The number of anilines is 1. The van der Waals surface area contributed by atoms with Gasteiger partial charge in [-0.3, -0.25) is 4.79 Å². The molecule has 2 fully saturated rings. The monoisotopic (exact) mass is 346 g/mol. The summed E-state index contributed by atoms with van der Waals surface area (Å²) < 4.78 is 53.5. The van der Waals surface area contributed by atoms with Gasteiger partial charge in [0.05, 0.1) is 11.1 Å². The molecule has 0 aliphatic carbocycles. The Hall–Kier alpha value is -2.16. The number of aromatic carboxylic acids is 1. The molecule has 2 aliphatic heterocycles. The van der Waals surface area contributed by atoms with Crippen LogP contribution >= 0.6 is 0 Å². The number of hydrogen-bond donors (Lipinski definition) is 2. The SMILES string of the molecule is O=C(O)c1cc(N2CC3CNCCC3(F)C2=O)ccc1C(F)(F)F. The number of hydrogen-bond acceptors (Lipinski definition) is 3. The second-order valence-electron chi connectivity index (χ2n) is 5.96. The molecule has 130 valence electrons. The zero-order valence-corrected chi connectivity index (χ0v) is 12.4. The Morgan fingerprint density at radius 3 is 2.67 bits per heavy atom. The van der Waals surface area contributed by atoms with Crippen LogP contribution < -0.4 is 10.2 Å². The van der Waals surface area contributed by atoms with Gasteiger partial charge < -0.3 is 15.3 Å². The highest BCUT2D eigenvalue weighted by Crippen LogP contribution is 2.41. The minimum absolute atomic E-state index is 0.00719. The maximum Gasteiger partial charge on any atom is 0.417 e. The van der Waals surface area contributed by atoms with Gasteiger partial charge in [-0.05, 0) is 24.7 Å². The van der Waals surface area contributed by atoms with E-state index in [1.54, 1.807) is 0 Å². The number of carboxylic acid groups (broad SMARTS) is 1. The van der Waals surface area contributed by atoms with Crippen molar-refractivity contribution in [1.29, 1.82) is 0 Å². The summed E-state index contributed by atoms with van der Waals surface area (Å²) in [5.41, 5.74) is -4.37. The molecule has 9 heteroatoms. The number of carbonyl (C=O) groups excluding carboxylic acids is 1. The molecular formula is C15H14F4N2O3. The molecule has 5 nitrogen and oxygen atoms in total. The molecule has 0 spiro atoms. The predicted molar refractivity (Wildman–Crippen MR) is 75.6 cm³/mol. The van der Waals surface area contributed by atoms with Gasteiger partial charge in [-0.25, -0.2) is 9.18 Å². The minimum Gasteiger partial charge on any atom is -0.478 e. The van der Waals surface area contributed by atoms with E-state index >= 15 is 0 Å². The van der Waals surface area contributed by atoms with Crippen LogP contribution in [0.2, 0.25) is 0 Å². The normalized spacial score (nSPS) is 27.2. The van der Waals surface area contributed by atoms with Crippen molar-refractivity contribution in [2.24, 2.45) is 5.92 Å². The number of nitrogens with one attached hydrogen (secondary N) is 1. The molecule has 0 saturated carbocycles. The third-order valence-corrected chi connectivity index (χ3v) is 4.56. The topological polar surface area (TPSA) is 69.6 Å². The van der Waals surface area contributed by atoms with Crippen LogP contribution in [0.1, 0.15) is 22.3 Å². The molecule has 24 heavy (non-hydrogen) atoms. The van der Waals surface area contributed by atoms with Gasteiger partial charge in [-0.15, -0.1) is 0 Å². The molecule has 2 saturated heterocycles. The zero-order chi connectivity index (χ0) is 17.7. The fourth-order valence-electron chi connectivity index (χ4n) is 3.28. The summed E-state index contributed by atoms with van der Waals surface area (Å²) in [5.74, 6) is -3.20. The highest BCUT2D eigenvalue weighted by atomic mass is 19.4. The Labute approximate surface area is 134 Å². The van der Waals surface area contributed by atoms with E-state index in [4.69, 9.17) is 5.11 Å². The second kappa shape index (κ2) is 5.44. The fraction of sp³-hybridized carbons (Fsp3) is 0.467. The number of benzene rings is 1. The Balaban J connectivity index is 2.00. The Bertz CT molecular complexity index is 706. The van der Waals surface area contributed by atoms with Crippen molar-refractivity contribution in [3.05, 3.63) is 29.3 Å². The summed E-state index contributed by atoms with van der Waals surface area (Å²) in [7, 11) is 0. The van der Waals surface area contributed by atoms with Crippen molar-refractivity contribution in [1.82, 2.24) is 5.32 Å². The Morgan fingerprint density at radius 2 is 2.08 bits per heavy atom. The quantitative estimate of drug-likeness (QED) is 0.805. The first-order chi connectivity index (χ1) is 11.1. The second-order valence-corrected chi connectivity index (χ2v) is 5.96. The zero-order valence-electron chi connectivity index (χ0n) is 12.4. The van der Waals surface area contributed by atoms with E-state index in [-0.39, 0.29) is 25.2 Å². The summed E-state index contributed by atoms with van der Waals surface area (Å²) in [5, 5.41) is 12.0. The number of halogens is 4. The number of fused-ring (bicyclic) bond motifs is 1. The van der Waals surface area contributed by atoms with Crippen LogP contribution in [0, 0.1) is 5.92 Å². The lowest BCUT2D eigenvalue weighted by atomic mass is 9.86. The fourth-order valence-corrected chi connectivity index (χ4v) is 3.28. The smallest absolute Gasteiger partial charge is 0.417 e. The summed E-state index contributed by atoms with van der Waals surface area (Å²) in [6.07, 6.45) is -4.85. The van der Waals surface area contributed by atoms with Gasteiger partial charge in [0.1, 0.15) is 0 Å². The van der Waals surface area contributed by atoms with E-state index in [0.29, 0.717) is 12.6 Å². The summed E-state index contributed by atoms with van der Waals surface area (Å²) in [4.78, 5) is 24.6. The number of amides is 1. The number of carbonyl (C=O) groups is 2. The Kier molecular flexibility index (Phi) is 3.78. The molecule has 2 N–H and O–H groups in total. The lowest BCUT2D eigenvalue weighted by Crippen LogP contribution is -2.49. The first kappa shape index (κ1) is 16.7. The van der Waals surface area contributed by atoms with Crippen LogP contribution in [0.25, 0.3) is 0 Å². The first-order valence-corrected chi connectivity index (χ1v) is 7.31. The van der Waals surface area contributed by atoms with Crippen molar-refractivity contribution >= 4 is 17.6 Å². The lowest BCUT2D eigenvalue weighted by molar-refractivity contribution is -0.138. The average Bonchev–Trinajstić information content (AvgIpc) is 2.78. The minimum atomic E-state index is -4.83. The van der Waals surface area contributed by atoms with Gasteiger partial charge in [0.25, 0.3) is 5.91 Å². The largest absolute Gasteiger partial charge is 0.478 e. The molecule has 1 aromatic carbocycles. The molecule has 2 atom stereocenters. The number of nitrogens with zero attached hydrogens (tertiary/aromatic N) is 1. The van der Waals surface area contributed by atoms with E-state index in [1.807, 2.05) is 0 Å². The molecule has 2 aliphatic rings. The maximum atomic E-state index is 14.9. The number of rotatable bonds is 2. The van der Waals surface area contributed by atoms with Crippen molar-refractivity contribution in [3.63, 3.8) is 0 Å². The third-order valence-electron chi connectivity index (χ3n) is 4.56. The van der Waals surface area contributed by atoms with Crippen LogP contribution in [0.15, 0.2) is 18.2 Å². The van der Waals surface area contributed by atoms with E-state index in [9.17, 15) is 27.2 Å². The van der Waals surface area contributed by atoms with Gasteiger partial charge in [0.15, 0.2) is 5.67 Å². The lowest BCUT2D eigenvalue weighted by Gasteiger charge is -2.29. The third kappa shape index (κ3) is 2.52. The number of piperidine rings is 1. The van der Waals surface area contributed by atoms with Gasteiger partial charge in [0.2, 0.25) is 0 Å². The molecule has 2 heterocycles. The van der Waals surface area contributed by atoms with Crippen LogP contribution in [-0.4, -0.2) is 42.3 Å². The van der Waals surface area contributed by atoms with E-state index < -0.39 is 40.8 Å². The maximum absolute atomic E-state index is 14.9. The first-order valence-electron chi connectivity index (χ1n) is 7.31. The van der Waals surface area contributed by atoms with Gasteiger partial charge in [-0.2, -0.15) is 13.2 Å². The highest BCUT2D eigenvalue weighted by molar-refractivity contribution is 6.03. The van der Waals surface area contributed by atoms with Crippen molar-refractivity contribution < 1.29 is 32.3 Å². The molecule has 3 rings (SSSR count). The van der Waals surface area contributed by atoms with Crippen LogP contribution in [0.4, 0.5) is 23.2 Å². The van der Waals surface area contributed by atoms with Crippen LogP contribution in [0.3, 0.4) is 0 Å². The predicted octanol–water partition coefficient (Wildman–Crippen LogP) is 2.07. The molecule has 1 aromatic rings. The molecule has 0 radical (unpaired) electrons. The molecular weight excluding hydrogens is 332 g/mol. The molecule has 0 aromatic heterocycles. The number of alkyl halides is 4. The van der Waals surface area contributed by atoms with E-state index in [0.717, 1.165) is 17.0 Å². The summed E-state index contributed by atoms with van der Waals surface area (Å²) >= 11 is 0. The van der Waals surface area contributed by atoms with Gasteiger partial charge >= 0.3 is 12.1 Å². The van der Waals surface area contributed by atoms with E-state index in [1.165, 1.54) is 0 Å². The molecule has 1 amide bonds. The van der Waals surface area contributed by atoms with Gasteiger partial charge in [0, 0.05) is 31.1 Å². The van der Waals surface area contributed by atoms with Crippen molar-refractivity contribution in [2.75, 3.05) is 24.5 Å². The standard InChI is InChI=1S/C15H14F4N2O3/c16-14-3-4-20-6-8(14)7-21(13(14)24)9-1-2-11(15(17,18)19)10(5-9)12(22)23/h1-2,5,8,20H,3-4,6-7H2,(H,22,23). The van der Waals surface area contributed by atoms with E-state index in [2.05, 4.69) is 5.32 Å². The van der Waals surface area contributed by atoms with Gasteiger partial charge in [-0.1, -0.05) is 0 Å². The Morgan fingerprint density at radius 1 is 1.38 bits per heavy atom. The average molecular weight is 346 g/mol. The summed E-state index contributed by atoms with van der Waals surface area (Å²) in [6.45, 7) is 0.609.